The Labute approximate surface area is 84.2 Å². The van der Waals surface area contributed by atoms with E-state index in [2.05, 4.69) is 0 Å². The highest BCUT2D eigenvalue weighted by Gasteiger charge is 2.37. The summed E-state index contributed by atoms with van der Waals surface area (Å²) in [6.45, 7) is 5.13. The molecule has 0 fully saturated rings. The highest BCUT2D eigenvalue weighted by molar-refractivity contribution is 5.32. The fraction of sp³-hybridized carbons (Fsp3) is 0.455. The van der Waals surface area contributed by atoms with Crippen molar-refractivity contribution in [1.82, 2.24) is 0 Å². The first-order valence-corrected chi connectivity index (χ1v) is 4.56. The zero-order chi connectivity index (χ0) is 11.0. The molecule has 0 aliphatic carbocycles. The monoisotopic (exact) mass is 195 g/mol. The summed E-state index contributed by atoms with van der Waals surface area (Å²) < 4.78 is 0. The van der Waals surface area contributed by atoms with Gasteiger partial charge in [0.25, 0.3) is 0 Å². The second kappa shape index (κ2) is 3.26. The van der Waals surface area contributed by atoms with Crippen LogP contribution in [0, 0.1) is 0 Å². The zero-order valence-electron chi connectivity index (χ0n) is 8.78. The maximum Gasteiger partial charge on any atom is 0.115 e. The van der Waals surface area contributed by atoms with E-state index < -0.39 is 11.1 Å². The first-order chi connectivity index (χ1) is 6.25. The molecule has 0 aromatic heterocycles. The van der Waals surface area contributed by atoms with Gasteiger partial charge in [0.05, 0.1) is 0 Å². The van der Waals surface area contributed by atoms with Crippen molar-refractivity contribution in [2.45, 2.75) is 31.9 Å². The van der Waals surface area contributed by atoms with Crippen LogP contribution in [0.2, 0.25) is 0 Å². The van der Waals surface area contributed by atoms with Crippen molar-refractivity contribution in [3.8, 4) is 5.75 Å². The Kier molecular flexibility index (Phi) is 2.56. The van der Waals surface area contributed by atoms with Gasteiger partial charge in [-0.1, -0.05) is 12.1 Å². The highest BCUT2D eigenvalue weighted by Crippen LogP contribution is 2.31. The average molecular weight is 195 g/mol. The summed E-state index contributed by atoms with van der Waals surface area (Å²) in [6.07, 6.45) is 0. The third-order valence-corrected chi connectivity index (χ3v) is 2.66. The molecule has 0 aliphatic heterocycles. The van der Waals surface area contributed by atoms with Gasteiger partial charge in [0.15, 0.2) is 0 Å². The van der Waals surface area contributed by atoms with Crippen LogP contribution in [0.3, 0.4) is 0 Å². The molecule has 1 aromatic rings. The molecule has 4 N–H and O–H groups in total. The van der Waals surface area contributed by atoms with Gasteiger partial charge in [-0.05, 0) is 38.5 Å². The van der Waals surface area contributed by atoms with E-state index in [0.29, 0.717) is 5.56 Å². The predicted octanol–water partition coefficient (Wildman–Crippen LogP) is 1.34. The maximum atomic E-state index is 10.2. The van der Waals surface area contributed by atoms with Crippen molar-refractivity contribution in [2.24, 2.45) is 5.73 Å². The third kappa shape index (κ3) is 1.89. The molecule has 78 valence electrons. The molecule has 0 spiro atoms. The third-order valence-electron chi connectivity index (χ3n) is 2.66. The number of aliphatic hydroxyl groups is 1. The van der Waals surface area contributed by atoms with E-state index >= 15 is 0 Å². The lowest BCUT2D eigenvalue weighted by molar-refractivity contribution is -0.00884. The molecule has 1 unspecified atom stereocenters. The lowest BCUT2D eigenvalue weighted by Gasteiger charge is -2.37. The van der Waals surface area contributed by atoms with Gasteiger partial charge in [0.1, 0.15) is 11.4 Å². The van der Waals surface area contributed by atoms with Crippen LogP contribution in [0.5, 0.6) is 5.75 Å². The van der Waals surface area contributed by atoms with E-state index in [4.69, 9.17) is 5.73 Å². The lowest BCUT2D eigenvalue weighted by atomic mass is 9.79. The minimum atomic E-state index is -1.16. The van der Waals surface area contributed by atoms with Crippen molar-refractivity contribution in [3.63, 3.8) is 0 Å². The number of rotatable bonds is 2. The quantitative estimate of drug-likeness (QED) is 0.667. The van der Waals surface area contributed by atoms with Crippen LogP contribution in [-0.2, 0) is 5.60 Å². The second-order valence-electron chi connectivity index (χ2n) is 4.34. The second-order valence-corrected chi connectivity index (χ2v) is 4.34. The summed E-state index contributed by atoms with van der Waals surface area (Å²) in [7, 11) is 0. The Balaban J connectivity index is 3.16. The molecule has 3 nitrogen and oxygen atoms in total. The van der Waals surface area contributed by atoms with Gasteiger partial charge in [0, 0.05) is 5.54 Å². The zero-order valence-corrected chi connectivity index (χ0v) is 8.78. The number of aromatic hydroxyl groups is 1. The normalized spacial score (nSPS) is 16.4. The summed E-state index contributed by atoms with van der Waals surface area (Å²) in [5.74, 6) is 0.132. The number of hydrogen-bond acceptors (Lipinski definition) is 3. The van der Waals surface area contributed by atoms with Crippen LogP contribution in [0.1, 0.15) is 26.3 Å². The van der Waals surface area contributed by atoms with Crippen LogP contribution in [0.4, 0.5) is 0 Å². The van der Waals surface area contributed by atoms with Gasteiger partial charge in [-0.2, -0.15) is 0 Å². The van der Waals surface area contributed by atoms with Crippen LogP contribution < -0.4 is 5.73 Å². The van der Waals surface area contributed by atoms with E-state index in [9.17, 15) is 10.2 Å². The lowest BCUT2D eigenvalue weighted by Crippen LogP contribution is -2.52. The van der Waals surface area contributed by atoms with E-state index in [-0.39, 0.29) is 5.75 Å². The van der Waals surface area contributed by atoms with Crippen molar-refractivity contribution in [3.05, 3.63) is 29.8 Å². The Morgan fingerprint density at radius 1 is 1.21 bits per heavy atom. The molecule has 14 heavy (non-hydrogen) atoms. The molecule has 0 bridgehead atoms. The molecule has 0 radical (unpaired) electrons. The summed E-state index contributed by atoms with van der Waals surface area (Å²) in [5.41, 5.74) is 4.56. The first-order valence-electron chi connectivity index (χ1n) is 4.56. The summed E-state index contributed by atoms with van der Waals surface area (Å²) >= 11 is 0. The largest absolute Gasteiger partial charge is 0.508 e. The maximum absolute atomic E-state index is 10.2. The predicted molar refractivity (Wildman–Crippen MR) is 55.9 cm³/mol. The summed E-state index contributed by atoms with van der Waals surface area (Å²) in [4.78, 5) is 0. The van der Waals surface area contributed by atoms with Crippen LogP contribution in [0.15, 0.2) is 24.3 Å². The van der Waals surface area contributed by atoms with E-state index in [1.807, 2.05) is 0 Å². The van der Waals surface area contributed by atoms with Gasteiger partial charge in [-0.25, -0.2) is 0 Å². The molecule has 0 heterocycles. The molecule has 1 atom stereocenters. The molecule has 0 saturated heterocycles. The van der Waals surface area contributed by atoms with Crippen LogP contribution in [0.25, 0.3) is 0 Å². The van der Waals surface area contributed by atoms with Crippen LogP contribution >= 0.6 is 0 Å². The number of nitrogens with two attached hydrogens (primary N) is 1. The van der Waals surface area contributed by atoms with E-state index in [0.717, 1.165) is 0 Å². The Bertz CT molecular complexity index is 326. The van der Waals surface area contributed by atoms with E-state index in [1.54, 1.807) is 39.0 Å². The van der Waals surface area contributed by atoms with Crippen LogP contribution in [-0.4, -0.2) is 15.8 Å². The SMILES string of the molecule is CC(C)(N)C(C)(O)c1cccc(O)c1. The fourth-order valence-electron chi connectivity index (χ4n) is 1.18. The highest BCUT2D eigenvalue weighted by atomic mass is 16.3. The number of benzene rings is 1. The van der Waals surface area contributed by atoms with Gasteiger partial charge in [-0.3, -0.25) is 0 Å². The minimum Gasteiger partial charge on any atom is -0.508 e. The van der Waals surface area contributed by atoms with Gasteiger partial charge >= 0.3 is 0 Å². The standard InChI is InChI=1S/C11H17NO2/c1-10(2,12)11(3,14)8-5-4-6-9(13)7-8/h4-7,13-14H,12H2,1-3H3. The topological polar surface area (TPSA) is 66.5 Å². The fourth-order valence-corrected chi connectivity index (χ4v) is 1.18. The number of phenolic OH excluding ortho intramolecular Hbond substituents is 1. The van der Waals surface area contributed by atoms with Crippen molar-refractivity contribution in [1.29, 1.82) is 0 Å². The smallest absolute Gasteiger partial charge is 0.115 e. The Morgan fingerprint density at radius 2 is 1.79 bits per heavy atom. The Morgan fingerprint density at radius 3 is 2.21 bits per heavy atom. The molecule has 0 aliphatic rings. The first kappa shape index (κ1) is 11.0. The minimum absolute atomic E-state index is 0.132. The van der Waals surface area contributed by atoms with Gasteiger partial charge < -0.3 is 15.9 Å². The van der Waals surface area contributed by atoms with E-state index in [1.165, 1.54) is 6.07 Å². The summed E-state index contributed by atoms with van der Waals surface area (Å²) in [6, 6.07) is 6.51. The Hall–Kier alpha value is -1.06. The van der Waals surface area contributed by atoms with Crippen molar-refractivity contribution >= 4 is 0 Å². The molecule has 3 heteroatoms. The number of phenols is 1. The molecule has 0 saturated carbocycles. The molecule has 0 amide bonds. The summed E-state index contributed by atoms with van der Waals surface area (Å²) in [5, 5.41) is 19.5. The van der Waals surface area contributed by atoms with Gasteiger partial charge in [0.2, 0.25) is 0 Å². The molecular formula is C11H17NO2. The average Bonchev–Trinajstić information content (AvgIpc) is 2.02. The molecule has 1 rings (SSSR count). The van der Waals surface area contributed by atoms with Crippen molar-refractivity contribution < 1.29 is 10.2 Å². The molecular weight excluding hydrogens is 178 g/mol. The molecule has 1 aromatic carbocycles. The van der Waals surface area contributed by atoms with Gasteiger partial charge in [-0.15, -0.1) is 0 Å². The van der Waals surface area contributed by atoms with Crippen molar-refractivity contribution in [2.75, 3.05) is 0 Å². The number of hydrogen-bond donors (Lipinski definition) is 3.